The first-order valence-electron chi connectivity index (χ1n) is 10.8. The Kier molecular flexibility index (Phi) is 6.84. The van der Waals surface area contributed by atoms with E-state index in [4.69, 9.17) is 10.5 Å². The predicted molar refractivity (Wildman–Crippen MR) is 127 cm³/mol. The molecule has 1 atom stereocenters. The van der Waals surface area contributed by atoms with Crippen LogP contribution in [0.3, 0.4) is 0 Å². The van der Waals surface area contributed by atoms with E-state index in [0.29, 0.717) is 28.2 Å². The van der Waals surface area contributed by atoms with Crippen molar-refractivity contribution in [3.63, 3.8) is 0 Å². The second-order valence-corrected chi connectivity index (χ2v) is 8.70. The van der Waals surface area contributed by atoms with Crippen molar-refractivity contribution in [2.24, 2.45) is 0 Å². The molecule has 2 heterocycles. The number of carbonyl (C=O) groups excluding carboxylic acids is 1. The minimum atomic E-state index is -0.0983. The van der Waals surface area contributed by atoms with Crippen LogP contribution in [0.4, 0.5) is 16.6 Å². The van der Waals surface area contributed by atoms with E-state index in [2.05, 4.69) is 22.5 Å². The van der Waals surface area contributed by atoms with Crippen LogP contribution in [0.1, 0.15) is 47.0 Å². The number of rotatable bonds is 9. The summed E-state index contributed by atoms with van der Waals surface area (Å²) in [5, 5.41) is 7.30. The Morgan fingerprint density at radius 3 is 2.87 bits per heavy atom. The first kappa shape index (κ1) is 21.3. The first-order chi connectivity index (χ1) is 15.1. The number of benzene rings is 2. The molecule has 162 valence electrons. The van der Waals surface area contributed by atoms with E-state index in [1.54, 1.807) is 0 Å². The van der Waals surface area contributed by atoms with Crippen LogP contribution in [0.2, 0.25) is 0 Å². The Morgan fingerprint density at radius 2 is 2.13 bits per heavy atom. The fraction of sp³-hybridized carbons (Fsp3) is 0.333. The summed E-state index contributed by atoms with van der Waals surface area (Å²) in [5.74, 6) is 0.993. The molecule has 1 aliphatic heterocycles. The van der Waals surface area contributed by atoms with Crippen molar-refractivity contribution in [1.82, 2.24) is 10.3 Å². The van der Waals surface area contributed by atoms with Gasteiger partial charge in [0.15, 0.2) is 5.13 Å². The Balaban J connectivity index is 1.36. The number of nitrogens with two attached hydrogens (primary N) is 1. The molecule has 4 N–H and O–H groups in total. The van der Waals surface area contributed by atoms with E-state index in [-0.39, 0.29) is 11.6 Å². The van der Waals surface area contributed by atoms with E-state index < -0.39 is 0 Å². The van der Waals surface area contributed by atoms with Gasteiger partial charge in [0.1, 0.15) is 16.4 Å². The smallest absolute Gasteiger partial charge is 0.206 e. The quantitative estimate of drug-likeness (QED) is 0.418. The number of ketones is 1. The minimum Gasteiger partial charge on any atom is -0.494 e. The van der Waals surface area contributed by atoms with E-state index >= 15 is 0 Å². The highest BCUT2D eigenvalue weighted by Crippen LogP contribution is 2.30. The molecule has 1 unspecified atom stereocenters. The van der Waals surface area contributed by atoms with E-state index in [1.165, 1.54) is 24.2 Å². The zero-order valence-electron chi connectivity index (χ0n) is 17.7. The lowest BCUT2D eigenvalue weighted by atomic mass is 10.1. The van der Waals surface area contributed by atoms with Crippen LogP contribution >= 0.6 is 11.3 Å². The number of hydrogen-bond acceptors (Lipinski definition) is 7. The molecule has 0 bridgehead atoms. The van der Waals surface area contributed by atoms with Gasteiger partial charge in [0.05, 0.1) is 6.61 Å². The number of anilines is 3. The molecule has 1 aromatic heterocycles. The minimum absolute atomic E-state index is 0.0983. The van der Waals surface area contributed by atoms with Gasteiger partial charge in [0.2, 0.25) is 5.78 Å². The number of aryl methyl sites for hydroxylation is 1. The van der Waals surface area contributed by atoms with Gasteiger partial charge in [0, 0.05) is 17.3 Å². The number of thiazole rings is 1. The standard InChI is InChI=1S/C24H28N4O2S/c1-2-16-5-3-6-17(15-16)21(29)22-23(25)28-24(31-22)27-19-8-10-20(11-9-19)30-14-12-18-7-4-13-26-18/h3,5-6,8-11,15,18,26H,2,4,7,12-14,25H2,1H3,(H,27,28). The summed E-state index contributed by atoms with van der Waals surface area (Å²) in [6.07, 6.45) is 4.39. The summed E-state index contributed by atoms with van der Waals surface area (Å²) >= 11 is 1.27. The second kappa shape index (κ2) is 9.94. The number of ether oxygens (including phenoxy) is 1. The number of nitrogens with one attached hydrogen (secondary N) is 2. The van der Waals surface area contributed by atoms with Crippen LogP contribution in [0.25, 0.3) is 0 Å². The maximum absolute atomic E-state index is 12.9. The van der Waals surface area contributed by atoms with E-state index in [0.717, 1.165) is 36.4 Å². The average Bonchev–Trinajstić information content (AvgIpc) is 3.44. The second-order valence-electron chi connectivity index (χ2n) is 7.70. The highest BCUT2D eigenvalue weighted by molar-refractivity contribution is 7.18. The summed E-state index contributed by atoms with van der Waals surface area (Å²) in [6, 6.07) is 16.0. The molecule has 31 heavy (non-hydrogen) atoms. The number of nitrogens with zero attached hydrogens (tertiary/aromatic N) is 1. The van der Waals surface area contributed by atoms with Crippen LogP contribution < -0.4 is 21.1 Å². The van der Waals surface area contributed by atoms with Gasteiger partial charge in [-0.15, -0.1) is 0 Å². The third-order valence-corrected chi connectivity index (χ3v) is 6.45. The van der Waals surface area contributed by atoms with Gasteiger partial charge in [0.25, 0.3) is 0 Å². The topological polar surface area (TPSA) is 89.3 Å². The van der Waals surface area contributed by atoms with Gasteiger partial charge in [-0.2, -0.15) is 0 Å². The number of carbonyl (C=O) groups is 1. The van der Waals surface area contributed by atoms with Crippen LogP contribution in [-0.2, 0) is 6.42 Å². The SMILES string of the molecule is CCc1cccc(C(=O)c2sc(Nc3ccc(OCCC4CCCN4)cc3)nc2N)c1. The zero-order valence-corrected chi connectivity index (χ0v) is 18.5. The van der Waals surface area contributed by atoms with Crippen molar-refractivity contribution in [2.75, 3.05) is 24.2 Å². The number of nitrogen functional groups attached to an aromatic ring is 1. The third-order valence-electron chi connectivity index (χ3n) is 5.46. The van der Waals surface area contributed by atoms with Crippen LogP contribution in [0, 0.1) is 0 Å². The van der Waals surface area contributed by atoms with Crippen molar-refractivity contribution in [1.29, 1.82) is 0 Å². The third kappa shape index (κ3) is 5.42. The highest BCUT2D eigenvalue weighted by atomic mass is 32.1. The summed E-state index contributed by atoms with van der Waals surface area (Å²) in [4.78, 5) is 17.7. The van der Waals surface area contributed by atoms with Crippen LogP contribution in [0.5, 0.6) is 5.75 Å². The maximum Gasteiger partial charge on any atom is 0.206 e. The van der Waals surface area contributed by atoms with Crippen molar-refractivity contribution >= 4 is 33.8 Å². The van der Waals surface area contributed by atoms with Crippen LogP contribution in [0.15, 0.2) is 48.5 Å². The lowest BCUT2D eigenvalue weighted by molar-refractivity contribution is 0.104. The van der Waals surface area contributed by atoms with Gasteiger partial charge >= 0.3 is 0 Å². The lowest BCUT2D eigenvalue weighted by Gasteiger charge is -2.11. The van der Waals surface area contributed by atoms with Gasteiger partial charge in [-0.05, 0) is 68.1 Å². The molecule has 2 aromatic carbocycles. The molecule has 0 amide bonds. The molecule has 1 fully saturated rings. The fourth-order valence-electron chi connectivity index (χ4n) is 3.69. The summed E-state index contributed by atoms with van der Waals surface area (Å²) in [5.41, 5.74) is 8.67. The molecule has 0 saturated carbocycles. The summed E-state index contributed by atoms with van der Waals surface area (Å²) in [7, 11) is 0. The van der Waals surface area contributed by atoms with Gasteiger partial charge in [-0.1, -0.05) is 36.5 Å². The van der Waals surface area contributed by atoms with Crippen LogP contribution in [-0.4, -0.2) is 30.0 Å². The monoisotopic (exact) mass is 436 g/mol. The molecule has 3 aromatic rings. The molecule has 6 nitrogen and oxygen atoms in total. The molecular formula is C24H28N4O2S. The Morgan fingerprint density at radius 1 is 1.29 bits per heavy atom. The fourth-order valence-corrected chi connectivity index (χ4v) is 4.56. The summed E-state index contributed by atoms with van der Waals surface area (Å²) in [6.45, 7) is 3.89. The van der Waals surface area contributed by atoms with Crippen molar-refractivity contribution < 1.29 is 9.53 Å². The Bertz CT molecular complexity index is 1030. The van der Waals surface area contributed by atoms with Gasteiger partial charge in [-0.25, -0.2) is 4.98 Å². The van der Waals surface area contributed by atoms with E-state index in [1.807, 2.05) is 48.5 Å². The van der Waals surface area contributed by atoms with Crippen molar-refractivity contribution in [2.45, 2.75) is 38.6 Å². The maximum atomic E-state index is 12.9. The molecule has 0 radical (unpaired) electrons. The Hall–Kier alpha value is -2.90. The van der Waals surface area contributed by atoms with Gasteiger partial charge < -0.3 is 21.1 Å². The number of aromatic nitrogens is 1. The zero-order chi connectivity index (χ0) is 21.6. The normalized spacial score (nSPS) is 15.7. The summed E-state index contributed by atoms with van der Waals surface area (Å²) < 4.78 is 5.85. The van der Waals surface area contributed by atoms with Gasteiger partial charge in [-0.3, -0.25) is 4.79 Å². The molecule has 7 heteroatoms. The predicted octanol–water partition coefficient (Wildman–Crippen LogP) is 4.78. The largest absolute Gasteiger partial charge is 0.494 e. The molecular weight excluding hydrogens is 408 g/mol. The molecule has 1 saturated heterocycles. The molecule has 4 rings (SSSR count). The molecule has 0 aliphatic carbocycles. The first-order valence-corrected chi connectivity index (χ1v) is 11.6. The molecule has 1 aliphatic rings. The average molecular weight is 437 g/mol. The Labute approximate surface area is 186 Å². The van der Waals surface area contributed by atoms with E-state index in [9.17, 15) is 4.79 Å². The van der Waals surface area contributed by atoms with Crippen molar-refractivity contribution in [3.8, 4) is 5.75 Å². The molecule has 0 spiro atoms. The van der Waals surface area contributed by atoms with Crippen molar-refractivity contribution in [3.05, 3.63) is 64.5 Å². The lowest BCUT2D eigenvalue weighted by Crippen LogP contribution is -2.23. The number of hydrogen-bond donors (Lipinski definition) is 3. The highest BCUT2D eigenvalue weighted by Gasteiger charge is 2.18.